The predicted octanol–water partition coefficient (Wildman–Crippen LogP) is 2.69. The second-order valence-electron chi connectivity index (χ2n) is 4.55. The van der Waals surface area contributed by atoms with Crippen LogP contribution in [0.2, 0.25) is 0 Å². The molecule has 94 valence electrons. The van der Waals surface area contributed by atoms with E-state index in [-0.39, 0.29) is 18.8 Å². The van der Waals surface area contributed by atoms with Crippen LogP contribution < -0.4 is 4.74 Å². The van der Waals surface area contributed by atoms with Gasteiger partial charge in [0.2, 0.25) is 0 Å². The summed E-state index contributed by atoms with van der Waals surface area (Å²) >= 11 is 0. The molecule has 1 saturated carbocycles. The Labute approximate surface area is 102 Å². The Morgan fingerprint density at radius 2 is 2.00 bits per heavy atom. The van der Waals surface area contributed by atoms with E-state index in [9.17, 15) is 5.11 Å². The lowest BCUT2D eigenvalue weighted by molar-refractivity contribution is 0.0478. The molecule has 2 rings (SSSR count). The van der Waals surface area contributed by atoms with E-state index in [0.717, 1.165) is 30.6 Å². The molecule has 0 aromatic heterocycles. The fourth-order valence-electron chi connectivity index (χ4n) is 2.51. The first-order chi connectivity index (χ1) is 8.33. The van der Waals surface area contributed by atoms with E-state index >= 15 is 0 Å². The fourth-order valence-corrected chi connectivity index (χ4v) is 2.51. The summed E-state index contributed by atoms with van der Waals surface area (Å²) in [5.41, 5.74) is 1.11. The van der Waals surface area contributed by atoms with E-state index in [1.165, 1.54) is 6.42 Å². The number of aliphatic hydroxyl groups excluding tert-OH is 1. The molecular formula is C14H20O3. The number of hydrogen-bond donors (Lipinski definition) is 1. The van der Waals surface area contributed by atoms with E-state index in [4.69, 9.17) is 9.47 Å². The van der Waals surface area contributed by atoms with Crippen molar-refractivity contribution in [2.24, 2.45) is 0 Å². The van der Waals surface area contributed by atoms with E-state index in [0.29, 0.717) is 0 Å². The van der Waals surface area contributed by atoms with Gasteiger partial charge < -0.3 is 14.6 Å². The molecule has 0 amide bonds. The Hall–Kier alpha value is -1.06. The normalized spacial score (nSPS) is 24.6. The van der Waals surface area contributed by atoms with Gasteiger partial charge in [0.1, 0.15) is 5.75 Å². The first kappa shape index (κ1) is 12.4. The molecule has 2 atom stereocenters. The molecule has 17 heavy (non-hydrogen) atoms. The maximum atomic E-state index is 10.1. The highest BCUT2D eigenvalue weighted by Crippen LogP contribution is 2.37. The Morgan fingerprint density at radius 1 is 1.24 bits per heavy atom. The largest absolute Gasteiger partial charge is 0.467 e. The van der Waals surface area contributed by atoms with Crippen LogP contribution in [0.15, 0.2) is 24.3 Å². The van der Waals surface area contributed by atoms with Crippen molar-refractivity contribution < 1.29 is 14.6 Å². The van der Waals surface area contributed by atoms with Gasteiger partial charge in [0.15, 0.2) is 6.79 Å². The fraction of sp³-hybridized carbons (Fsp3) is 0.571. The maximum absolute atomic E-state index is 10.1. The van der Waals surface area contributed by atoms with Gasteiger partial charge in [-0.3, -0.25) is 0 Å². The summed E-state index contributed by atoms with van der Waals surface area (Å²) in [5, 5.41) is 10.1. The van der Waals surface area contributed by atoms with Crippen LogP contribution in [-0.2, 0) is 4.74 Å². The van der Waals surface area contributed by atoms with Crippen LogP contribution in [0.25, 0.3) is 0 Å². The molecule has 1 fully saturated rings. The highest BCUT2D eigenvalue weighted by atomic mass is 16.7. The summed E-state index contributed by atoms with van der Waals surface area (Å²) in [4.78, 5) is 0. The minimum absolute atomic E-state index is 0.205. The van der Waals surface area contributed by atoms with Crippen molar-refractivity contribution in [1.29, 1.82) is 0 Å². The van der Waals surface area contributed by atoms with Gasteiger partial charge in [0, 0.05) is 13.0 Å². The smallest absolute Gasteiger partial charge is 0.188 e. The van der Waals surface area contributed by atoms with Crippen LogP contribution >= 0.6 is 0 Å². The third-order valence-corrected chi connectivity index (χ3v) is 3.38. The van der Waals surface area contributed by atoms with Crippen LogP contribution in [0.1, 0.15) is 37.2 Å². The van der Waals surface area contributed by atoms with E-state index in [1.54, 1.807) is 7.11 Å². The quantitative estimate of drug-likeness (QED) is 0.817. The second-order valence-corrected chi connectivity index (χ2v) is 4.55. The molecule has 0 bridgehead atoms. The van der Waals surface area contributed by atoms with Gasteiger partial charge >= 0.3 is 0 Å². The van der Waals surface area contributed by atoms with Crippen LogP contribution in [0.4, 0.5) is 0 Å². The summed E-state index contributed by atoms with van der Waals surface area (Å²) in [5.74, 6) is 1.04. The lowest BCUT2D eigenvalue weighted by atomic mass is 9.81. The van der Waals surface area contributed by atoms with Crippen molar-refractivity contribution in [2.45, 2.75) is 37.7 Å². The molecule has 0 saturated heterocycles. The van der Waals surface area contributed by atoms with Crippen LogP contribution in [0.5, 0.6) is 5.75 Å². The summed E-state index contributed by atoms with van der Waals surface area (Å²) in [7, 11) is 1.61. The zero-order chi connectivity index (χ0) is 12.1. The van der Waals surface area contributed by atoms with Crippen LogP contribution in [0.3, 0.4) is 0 Å². The van der Waals surface area contributed by atoms with E-state index in [1.807, 2.05) is 24.3 Å². The first-order valence-corrected chi connectivity index (χ1v) is 6.21. The van der Waals surface area contributed by atoms with Gasteiger partial charge in [-0.1, -0.05) is 31.0 Å². The zero-order valence-electron chi connectivity index (χ0n) is 10.3. The SMILES string of the molecule is COCOc1ccccc1C1CCCCC1O. The molecule has 1 aromatic rings. The highest BCUT2D eigenvalue weighted by Gasteiger charge is 2.26. The maximum Gasteiger partial charge on any atom is 0.188 e. The summed E-state index contributed by atoms with van der Waals surface area (Å²) < 4.78 is 10.5. The molecule has 1 aromatic carbocycles. The van der Waals surface area contributed by atoms with E-state index in [2.05, 4.69) is 0 Å². The Morgan fingerprint density at radius 3 is 2.76 bits per heavy atom. The van der Waals surface area contributed by atoms with Gasteiger partial charge in [-0.25, -0.2) is 0 Å². The van der Waals surface area contributed by atoms with Crippen molar-refractivity contribution in [3.63, 3.8) is 0 Å². The topological polar surface area (TPSA) is 38.7 Å². The standard InChI is InChI=1S/C14H20O3/c1-16-10-17-14-9-5-3-7-12(14)11-6-2-4-8-13(11)15/h3,5,7,9,11,13,15H,2,4,6,8,10H2,1H3. The van der Waals surface area contributed by atoms with Gasteiger partial charge in [-0.15, -0.1) is 0 Å². The predicted molar refractivity (Wildman–Crippen MR) is 66.2 cm³/mol. The Bertz CT molecular complexity index is 351. The van der Waals surface area contributed by atoms with Gasteiger partial charge in [-0.2, -0.15) is 0 Å². The molecule has 3 nitrogen and oxygen atoms in total. The van der Waals surface area contributed by atoms with E-state index < -0.39 is 0 Å². The number of para-hydroxylation sites is 1. The van der Waals surface area contributed by atoms with Gasteiger partial charge in [-0.05, 0) is 24.5 Å². The molecule has 1 N–H and O–H groups in total. The van der Waals surface area contributed by atoms with Crippen molar-refractivity contribution >= 4 is 0 Å². The average molecular weight is 236 g/mol. The van der Waals surface area contributed by atoms with Crippen molar-refractivity contribution in [3.8, 4) is 5.75 Å². The number of aliphatic hydroxyl groups is 1. The summed E-state index contributed by atoms with van der Waals surface area (Å²) in [6.07, 6.45) is 3.99. The third-order valence-electron chi connectivity index (χ3n) is 3.38. The van der Waals surface area contributed by atoms with Gasteiger partial charge in [0.25, 0.3) is 0 Å². The van der Waals surface area contributed by atoms with Crippen molar-refractivity contribution in [1.82, 2.24) is 0 Å². The van der Waals surface area contributed by atoms with Crippen LogP contribution in [-0.4, -0.2) is 25.1 Å². The second kappa shape index (κ2) is 6.03. The van der Waals surface area contributed by atoms with Crippen molar-refractivity contribution in [2.75, 3.05) is 13.9 Å². The van der Waals surface area contributed by atoms with Crippen LogP contribution in [0, 0.1) is 0 Å². The highest BCUT2D eigenvalue weighted by molar-refractivity contribution is 5.37. The number of benzene rings is 1. The molecule has 0 heterocycles. The molecule has 1 aliphatic rings. The molecule has 1 aliphatic carbocycles. The number of hydrogen-bond acceptors (Lipinski definition) is 3. The molecule has 0 radical (unpaired) electrons. The molecule has 0 spiro atoms. The molecule has 3 heteroatoms. The van der Waals surface area contributed by atoms with Crippen molar-refractivity contribution in [3.05, 3.63) is 29.8 Å². The Balaban J connectivity index is 2.17. The summed E-state index contributed by atoms with van der Waals surface area (Å²) in [6, 6.07) is 7.93. The third kappa shape index (κ3) is 2.99. The minimum atomic E-state index is -0.240. The molecule has 2 unspecified atom stereocenters. The number of rotatable bonds is 4. The number of methoxy groups -OCH3 is 1. The lowest BCUT2D eigenvalue weighted by Crippen LogP contribution is -2.23. The van der Waals surface area contributed by atoms with Gasteiger partial charge in [0.05, 0.1) is 6.10 Å². The number of ether oxygens (including phenoxy) is 2. The average Bonchev–Trinajstić information content (AvgIpc) is 2.37. The molecule has 0 aliphatic heterocycles. The zero-order valence-corrected chi connectivity index (χ0v) is 10.3. The minimum Gasteiger partial charge on any atom is -0.467 e. The summed E-state index contributed by atoms with van der Waals surface area (Å²) in [6.45, 7) is 0.250. The first-order valence-electron chi connectivity index (χ1n) is 6.21. The monoisotopic (exact) mass is 236 g/mol. The molecular weight excluding hydrogens is 216 g/mol. The lowest BCUT2D eigenvalue weighted by Gasteiger charge is -2.29. The Kier molecular flexibility index (Phi) is 4.40.